The highest BCUT2D eigenvalue weighted by atomic mass is 16.6. The second kappa shape index (κ2) is 5.99. The lowest BCUT2D eigenvalue weighted by Crippen LogP contribution is -2.36. The molecule has 1 fully saturated rings. The molecule has 6 heteroatoms. The average Bonchev–Trinajstić information content (AvgIpc) is 2.39. The normalized spacial score (nSPS) is 17.5. The van der Waals surface area contributed by atoms with Crippen LogP contribution in [0.2, 0.25) is 0 Å². The Morgan fingerprint density at radius 3 is 2.68 bits per heavy atom. The van der Waals surface area contributed by atoms with Crippen LogP contribution in [0.25, 0.3) is 0 Å². The van der Waals surface area contributed by atoms with E-state index in [9.17, 15) is 10.1 Å². The van der Waals surface area contributed by atoms with Gasteiger partial charge in [0.25, 0.3) is 5.69 Å². The van der Waals surface area contributed by atoms with E-state index >= 15 is 0 Å². The summed E-state index contributed by atoms with van der Waals surface area (Å²) >= 11 is 0. The second-order valence-corrected chi connectivity index (χ2v) is 4.86. The van der Waals surface area contributed by atoms with Gasteiger partial charge in [0.1, 0.15) is 5.69 Å². The Morgan fingerprint density at radius 2 is 2.16 bits per heavy atom. The van der Waals surface area contributed by atoms with Crippen molar-refractivity contribution in [3.05, 3.63) is 33.9 Å². The van der Waals surface area contributed by atoms with E-state index < -0.39 is 4.92 Å². The molecule has 0 aliphatic carbocycles. The fourth-order valence-corrected chi connectivity index (χ4v) is 2.43. The van der Waals surface area contributed by atoms with Crippen molar-refractivity contribution in [3.8, 4) is 0 Å². The number of benzene rings is 1. The minimum absolute atomic E-state index is 0.0261. The van der Waals surface area contributed by atoms with Crippen molar-refractivity contribution in [1.82, 2.24) is 4.90 Å². The Balaban J connectivity index is 1.97. The van der Waals surface area contributed by atoms with E-state index in [1.54, 1.807) is 19.2 Å². The lowest BCUT2D eigenvalue weighted by Gasteiger charge is -2.31. The monoisotopic (exact) mass is 265 g/mol. The molecule has 1 aromatic rings. The molecule has 19 heavy (non-hydrogen) atoms. The molecule has 0 amide bonds. The Hall–Kier alpha value is -1.66. The van der Waals surface area contributed by atoms with Gasteiger partial charge in [0.15, 0.2) is 0 Å². The minimum atomic E-state index is -0.455. The molecule has 0 radical (unpaired) electrons. The molecular weight excluding hydrogens is 246 g/mol. The molecule has 104 valence electrons. The highest BCUT2D eigenvalue weighted by molar-refractivity contribution is 5.59. The summed E-state index contributed by atoms with van der Waals surface area (Å²) in [7, 11) is 1.75. The van der Waals surface area contributed by atoms with Crippen LogP contribution in [0.4, 0.5) is 11.4 Å². The summed E-state index contributed by atoms with van der Waals surface area (Å²) in [6.45, 7) is 2.74. The fraction of sp³-hybridized carbons (Fsp3) is 0.538. The van der Waals surface area contributed by atoms with E-state index in [2.05, 4.69) is 4.90 Å². The number of rotatable bonds is 4. The number of nitro groups is 1. The van der Waals surface area contributed by atoms with Crippen LogP contribution >= 0.6 is 0 Å². The number of piperidine rings is 1. The summed E-state index contributed by atoms with van der Waals surface area (Å²) < 4.78 is 5.33. The van der Waals surface area contributed by atoms with Crippen molar-refractivity contribution >= 4 is 11.4 Å². The summed E-state index contributed by atoms with van der Waals surface area (Å²) in [5.41, 5.74) is 6.91. The first-order valence-electron chi connectivity index (χ1n) is 6.38. The van der Waals surface area contributed by atoms with Gasteiger partial charge in [0.2, 0.25) is 0 Å². The van der Waals surface area contributed by atoms with Crippen molar-refractivity contribution in [1.29, 1.82) is 0 Å². The number of nitro benzene ring substituents is 1. The van der Waals surface area contributed by atoms with E-state index in [-0.39, 0.29) is 11.4 Å². The first-order valence-corrected chi connectivity index (χ1v) is 6.38. The van der Waals surface area contributed by atoms with Gasteiger partial charge in [-0.3, -0.25) is 15.0 Å². The predicted octanol–water partition coefficient (Wildman–Crippen LogP) is 1.79. The molecule has 2 N–H and O–H groups in total. The standard InChI is InChI=1S/C13H19N3O3/c1-19-11-4-6-15(7-5-11)9-10-2-3-13(16(17)18)12(14)8-10/h2-3,8,11H,4-7,9,14H2,1H3. The molecule has 1 heterocycles. The molecule has 0 unspecified atom stereocenters. The van der Waals surface area contributed by atoms with Gasteiger partial charge in [-0.05, 0) is 24.5 Å². The number of nitrogens with two attached hydrogens (primary N) is 1. The van der Waals surface area contributed by atoms with Crippen molar-refractivity contribution in [2.24, 2.45) is 0 Å². The smallest absolute Gasteiger partial charge is 0.292 e. The summed E-state index contributed by atoms with van der Waals surface area (Å²) in [6.07, 6.45) is 2.41. The molecule has 0 bridgehead atoms. The topological polar surface area (TPSA) is 81.6 Å². The molecule has 0 saturated carbocycles. The molecule has 1 saturated heterocycles. The third kappa shape index (κ3) is 3.42. The highest BCUT2D eigenvalue weighted by Crippen LogP contribution is 2.23. The van der Waals surface area contributed by atoms with Crippen molar-refractivity contribution < 1.29 is 9.66 Å². The molecule has 1 aliphatic rings. The number of hydrogen-bond donors (Lipinski definition) is 1. The van der Waals surface area contributed by atoms with E-state index in [1.807, 2.05) is 0 Å². The fourth-order valence-electron chi connectivity index (χ4n) is 2.43. The maximum Gasteiger partial charge on any atom is 0.292 e. The molecule has 0 spiro atoms. The molecule has 0 aromatic heterocycles. The van der Waals surface area contributed by atoms with Gasteiger partial charge in [-0.2, -0.15) is 0 Å². The highest BCUT2D eigenvalue weighted by Gasteiger charge is 2.19. The first-order chi connectivity index (χ1) is 9.10. The van der Waals surface area contributed by atoms with E-state index in [4.69, 9.17) is 10.5 Å². The number of ether oxygens (including phenoxy) is 1. The van der Waals surface area contributed by atoms with Crippen LogP contribution in [0, 0.1) is 10.1 Å². The van der Waals surface area contributed by atoms with Crippen molar-refractivity contribution in [3.63, 3.8) is 0 Å². The number of nitrogens with zero attached hydrogens (tertiary/aromatic N) is 2. The van der Waals surface area contributed by atoms with Crippen molar-refractivity contribution in [2.75, 3.05) is 25.9 Å². The zero-order valence-corrected chi connectivity index (χ0v) is 11.0. The minimum Gasteiger partial charge on any atom is -0.393 e. The van der Waals surface area contributed by atoms with Gasteiger partial charge < -0.3 is 10.5 Å². The lowest BCUT2D eigenvalue weighted by atomic mass is 10.1. The van der Waals surface area contributed by atoms with Gasteiger partial charge in [0, 0.05) is 32.8 Å². The average molecular weight is 265 g/mol. The quantitative estimate of drug-likeness (QED) is 0.510. The summed E-state index contributed by atoms with van der Waals surface area (Å²) in [5.74, 6) is 0. The van der Waals surface area contributed by atoms with Crippen LogP contribution in [-0.2, 0) is 11.3 Å². The second-order valence-electron chi connectivity index (χ2n) is 4.86. The number of anilines is 1. The first kappa shape index (κ1) is 13.8. The van der Waals surface area contributed by atoms with E-state index in [0.29, 0.717) is 6.10 Å². The number of nitrogen functional groups attached to an aromatic ring is 1. The predicted molar refractivity (Wildman–Crippen MR) is 72.8 cm³/mol. The largest absolute Gasteiger partial charge is 0.393 e. The number of likely N-dealkylation sites (tertiary alicyclic amines) is 1. The van der Waals surface area contributed by atoms with Crippen molar-refractivity contribution in [2.45, 2.75) is 25.5 Å². The van der Waals surface area contributed by atoms with E-state index in [0.717, 1.165) is 38.0 Å². The maximum absolute atomic E-state index is 10.7. The third-order valence-electron chi connectivity index (χ3n) is 3.56. The maximum atomic E-state index is 10.7. The molecular formula is C13H19N3O3. The summed E-state index contributed by atoms with van der Waals surface area (Å²) in [4.78, 5) is 12.6. The lowest BCUT2D eigenvalue weighted by molar-refractivity contribution is -0.383. The molecule has 2 rings (SSSR count). The molecule has 1 aromatic carbocycles. The molecule has 0 atom stereocenters. The van der Waals surface area contributed by atoms with Crippen LogP contribution in [0.5, 0.6) is 0 Å². The van der Waals surface area contributed by atoms with Crippen LogP contribution < -0.4 is 5.73 Å². The summed E-state index contributed by atoms with van der Waals surface area (Å²) in [5, 5.41) is 10.7. The Labute approximate surface area is 112 Å². The zero-order valence-electron chi connectivity index (χ0n) is 11.0. The van der Waals surface area contributed by atoms with Crippen LogP contribution in [0.15, 0.2) is 18.2 Å². The molecule has 6 nitrogen and oxygen atoms in total. The Bertz CT molecular complexity index is 456. The van der Waals surface area contributed by atoms with E-state index in [1.165, 1.54) is 6.07 Å². The summed E-state index contributed by atoms with van der Waals surface area (Å²) in [6, 6.07) is 4.95. The Morgan fingerprint density at radius 1 is 1.47 bits per heavy atom. The van der Waals surface area contributed by atoms with Gasteiger partial charge in [-0.25, -0.2) is 0 Å². The van der Waals surface area contributed by atoms with Gasteiger partial charge >= 0.3 is 0 Å². The van der Waals surface area contributed by atoms with Crippen LogP contribution in [0.3, 0.4) is 0 Å². The van der Waals surface area contributed by atoms with Crippen LogP contribution in [0.1, 0.15) is 18.4 Å². The third-order valence-corrected chi connectivity index (χ3v) is 3.56. The zero-order chi connectivity index (χ0) is 13.8. The van der Waals surface area contributed by atoms with Gasteiger partial charge in [-0.15, -0.1) is 0 Å². The Kier molecular flexibility index (Phi) is 4.34. The number of methoxy groups -OCH3 is 1. The van der Waals surface area contributed by atoms with Crippen LogP contribution in [-0.4, -0.2) is 36.1 Å². The number of hydrogen-bond acceptors (Lipinski definition) is 5. The van der Waals surface area contributed by atoms with Gasteiger partial charge in [-0.1, -0.05) is 6.07 Å². The van der Waals surface area contributed by atoms with Gasteiger partial charge in [0.05, 0.1) is 11.0 Å². The molecule has 1 aliphatic heterocycles. The SMILES string of the molecule is COC1CCN(Cc2ccc([N+](=O)[O-])c(N)c2)CC1.